The lowest BCUT2D eigenvalue weighted by Gasteiger charge is -1.98. The molecule has 0 saturated carbocycles. The smallest absolute Gasteiger partial charge is 0.354 e. The number of hydrogen-bond donors (Lipinski definition) is 3. The minimum absolute atomic E-state index is 0.185. The van der Waals surface area contributed by atoms with Gasteiger partial charge >= 0.3 is 5.97 Å². The maximum absolute atomic E-state index is 11.6. The van der Waals surface area contributed by atoms with Crippen LogP contribution in [0.15, 0.2) is 23.2 Å². The van der Waals surface area contributed by atoms with Gasteiger partial charge in [0, 0.05) is 6.07 Å². The van der Waals surface area contributed by atoms with Gasteiger partial charge in [-0.25, -0.2) is 9.78 Å². The van der Waals surface area contributed by atoms with E-state index in [0.717, 1.165) is 6.33 Å². The number of aromatic nitrogens is 3. The second-order valence-corrected chi connectivity index (χ2v) is 2.77. The monoisotopic (exact) mass is 222 g/mol. The van der Waals surface area contributed by atoms with Crippen LogP contribution in [-0.2, 0) is 0 Å². The summed E-state index contributed by atoms with van der Waals surface area (Å²) < 4.78 is 4.50. The summed E-state index contributed by atoms with van der Waals surface area (Å²) in [6.07, 6.45) is 2.40. The first kappa shape index (κ1) is 9.90. The number of nitrogens with one attached hydrogen (secondary N) is 2. The van der Waals surface area contributed by atoms with Gasteiger partial charge in [-0.05, 0) is 0 Å². The van der Waals surface area contributed by atoms with Gasteiger partial charge in [0.15, 0.2) is 17.2 Å². The van der Waals surface area contributed by atoms with E-state index in [0.29, 0.717) is 0 Å². The molecule has 0 aromatic carbocycles. The normalized spacial score (nSPS) is 10.0. The van der Waals surface area contributed by atoms with Crippen LogP contribution in [0.2, 0.25) is 0 Å². The number of aromatic amines is 1. The number of rotatable bonds is 3. The predicted octanol–water partition coefficient (Wildman–Crippen LogP) is 0.348. The molecule has 0 aliphatic carbocycles. The van der Waals surface area contributed by atoms with Crippen LogP contribution in [0.4, 0.5) is 5.82 Å². The van der Waals surface area contributed by atoms with Gasteiger partial charge in [0.25, 0.3) is 5.91 Å². The summed E-state index contributed by atoms with van der Waals surface area (Å²) in [7, 11) is 0. The second kappa shape index (κ2) is 3.85. The Hall–Kier alpha value is -2.64. The van der Waals surface area contributed by atoms with Crippen molar-refractivity contribution < 1.29 is 19.2 Å². The van der Waals surface area contributed by atoms with Crippen LogP contribution in [-0.4, -0.2) is 32.1 Å². The van der Waals surface area contributed by atoms with Crippen molar-refractivity contribution in [3.63, 3.8) is 0 Å². The predicted molar refractivity (Wildman–Crippen MR) is 50.0 cm³/mol. The maximum Gasteiger partial charge on any atom is 0.354 e. The Balaban J connectivity index is 2.21. The molecule has 8 nitrogen and oxygen atoms in total. The molecular formula is C8H6N4O4. The van der Waals surface area contributed by atoms with E-state index in [9.17, 15) is 9.59 Å². The van der Waals surface area contributed by atoms with E-state index >= 15 is 0 Å². The summed E-state index contributed by atoms with van der Waals surface area (Å²) in [5, 5.41) is 14.5. The molecule has 0 unspecified atom stereocenters. The minimum Gasteiger partial charge on any atom is -0.477 e. The molecule has 82 valence electrons. The lowest BCUT2D eigenvalue weighted by molar-refractivity contribution is 0.0686. The number of imidazole rings is 1. The number of H-pyrrole nitrogens is 1. The lowest BCUT2D eigenvalue weighted by Crippen LogP contribution is -2.16. The molecular weight excluding hydrogens is 216 g/mol. The minimum atomic E-state index is -1.26. The van der Waals surface area contributed by atoms with Gasteiger partial charge in [0.2, 0.25) is 0 Å². The van der Waals surface area contributed by atoms with Gasteiger partial charge in [0.05, 0.1) is 6.33 Å². The van der Waals surface area contributed by atoms with E-state index in [1.165, 1.54) is 12.3 Å². The number of hydrogen-bond acceptors (Lipinski definition) is 5. The van der Waals surface area contributed by atoms with E-state index in [2.05, 4.69) is 25.0 Å². The van der Waals surface area contributed by atoms with Crippen LogP contribution >= 0.6 is 0 Å². The summed E-state index contributed by atoms with van der Waals surface area (Å²) in [5.41, 5.74) is -0.489. The third-order valence-electron chi connectivity index (χ3n) is 1.75. The molecule has 16 heavy (non-hydrogen) atoms. The average Bonchev–Trinajstić information content (AvgIpc) is 2.86. The van der Waals surface area contributed by atoms with Gasteiger partial charge in [-0.2, -0.15) is 0 Å². The van der Waals surface area contributed by atoms with Gasteiger partial charge < -0.3 is 19.9 Å². The molecule has 0 saturated heterocycles. The van der Waals surface area contributed by atoms with Crippen LogP contribution in [0.5, 0.6) is 0 Å². The zero-order valence-corrected chi connectivity index (χ0v) is 7.80. The van der Waals surface area contributed by atoms with Crippen molar-refractivity contribution in [2.45, 2.75) is 0 Å². The van der Waals surface area contributed by atoms with Crippen molar-refractivity contribution in [1.82, 2.24) is 15.1 Å². The average molecular weight is 222 g/mol. The van der Waals surface area contributed by atoms with Crippen LogP contribution in [0, 0.1) is 0 Å². The molecule has 2 rings (SSSR count). The number of carbonyl (C=O) groups excluding carboxylic acids is 1. The number of amides is 1. The van der Waals surface area contributed by atoms with E-state index in [4.69, 9.17) is 5.11 Å². The highest BCUT2D eigenvalue weighted by molar-refractivity contribution is 6.08. The van der Waals surface area contributed by atoms with Crippen molar-refractivity contribution in [2.75, 3.05) is 5.32 Å². The summed E-state index contributed by atoms with van der Waals surface area (Å²) in [5.74, 6) is -1.75. The fourth-order valence-corrected chi connectivity index (χ4v) is 1.08. The Morgan fingerprint density at radius 3 is 2.94 bits per heavy atom. The third-order valence-corrected chi connectivity index (χ3v) is 1.75. The number of anilines is 1. The maximum atomic E-state index is 11.6. The number of carbonyl (C=O) groups is 2. The highest BCUT2D eigenvalue weighted by Crippen LogP contribution is 2.07. The Kier molecular flexibility index (Phi) is 2.38. The van der Waals surface area contributed by atoms with Crippen molar-refractivity contribution in [2.24, 2.45) is 0 Å². The fourth-order valence-electron chi connectivity index (χ4n) is 1.08. The van der Waals surface area contributed by atoms with Crippen LogP contribution in [0.1, 0.15) is 21.0 Å². The number of carboxylic acids is 1. The van der Waals surface area contributed by atoms with Crippen LogP contribution in [0.3, 0.4) is 0 Å². The van der Waals surface area contributed by atoms with E-state index in [-0.39, 0.29) is 17.2 Å². The Labute approximate surface area is 88.3 Å². The van der Waals surface area contributed by atoms with Crippen LogP contribution in [0.25, 0.3) is 0 Å². The summed E-state index contributed by atoms with van der Waals surface area (Å²) in [6.45, 7) is 0. The number of aromatic carboxylic acids is 1. The molecule has 2 aromatic heterocycles. The van der Waals surface area contributed by atoms with Gasteiger partial charge in [-0.3, -0.25) is 4.79 Å². The quantitative estimate of drug-likeness (QED) is 0.688. The first-order valence-electron chi connectivity index (χ1n) is 4.17. The molecule has 0 fully saturated rings. The van der Waals surface area contributed by atoms with Crippen molar-refractivity contribution in [3.05, 3.63) is 30.0 Å². The number of nitrogens with zero attached hydrogens (tertiary/aromatic N) is 2. The molecule has 3 N–H and O–H groups in total. The standard InChI is InChI=1S/C8H6N4O4/c13-7(11-4-1-2-16-12-4)5-6(8(14)15)10-3-9-5/h1-3H,(H,9,10)(H,14,15)(H,11,12,13). The first-order valence-corrected chi connectivity index (χ1v) is 4.17. The van der Waals surface area contributed by atoms with E-state index in [1.54, 1.807) is 0 Å². The van der Waals surface area contributed by atoms with Crippen molar-refractivity contribution in [1.29, 1.82) is 0 Å². The zero-order chi connectivity index (χ0) is 11.5. The Morgan fingerprint density at radius 2 is 2.31 bits per heavy atom. The van der Waals surface area contributed by atoms with E-state index in [1.807, 2.05) is 0 Å². The van der Waals surface area contributed by atoms with Gasteiger partial charge in [-0.15, -0.1) is 0 Å². The third kappa shape index (κ3) is 1.75. The summed E-state index contributed by atoms with van der Waals surface area (Å²) >= 11 is 0. The second-order valence-electron chi connectivity index (χ2n) is 2.77. The van der Waals surface area contributed by atoms with Crippen molar-refractivity contribution >= 4 is 17.7 Å². The first-order chi connectivity index (χ1) is 7.68. The van der Waals surface area contributed by atoms with Gasteiger partial charge in [0.1, 0.15) is 6.26 Å². The molecule has 1 amide bonds. The molecule has 8 heteroatoms. The number of carboxylic acid groups (broad SMARTS) is 1. The summed E-state index contributed by atoms with van der Waals surface area (Å²) in [4.78, 5) is 28.2. The Bertz CT molecular complexity index is 516. The van der Waals surface area contributed by atoms with E-state index < -0.39 is 11.9 Å². The molecule has 0 aliphatic heterocycles. The molecule has 0 bridgehead atoms. The highest BCUT2D eigenvalue weighted by atomic mass is 16.5. The molecule has 2 aromatic rings. The molecule has 2 heterocycles. The topological polar surface area (TPSA) is 121 Å². The zero-order valence-electron chi connectivity index (χ0n) is 7.80. The lowest BCUT2D eigenvalue weighted by atomic mass is 10.3. The van der Waals surface area contributed by atoms with Crippen molar-refractivity contribution in [3.8, 4) is 0 Å². The summed E-state index contributed by atoms with van der Waals surface area (Å²) in [6, 6.07) is 1.42. The SMILES string of the molecule is O=C(Nc1ccon1)c1nc[nH]c1C(=O)O. The molecule has 0 atom stereocenters. The molecule has 0 radical (unpaired) electrons. The largest absolute Gasteiger partial charge is 0.477 e. The molecule has 0 spiro atoms. The highest BCUT2D eigenvalue weighted by Gasteiger charge is 2.20. The van der Waals surface area contributed by atoms with Crippen LogP contribution < -0.4 is 5.32 Å². The fraction of sp³-hybridized carbons (Fsp3) is 0. The molecule has 0 aliphatic rings. The Morgan fingerprint density at radius 1 is 1.50 bits per heavy atom. The van der Waals surface area contributed by atoms with Gasteiger partial charge in [-0.1, -0.05) is 5.16 Å².